The lowest BCUT2D eigenvalue weighted by Crippen LogP contribution is -2.29. The minimum atomic E-state index is -0.922. The number of rotatable bonds is 6. The van der Waals surface area contributed by atoms with Crippen LogP contribution in [0.15, 0.2) is 47.4 Å². The van der Waals surface area contributed by atoms with E-state index in [9.17, 15) is 14.7 Å². The molecule has 1 fully saturated rings. The highest BCUT2D eigenvalue weighted by Gasteiger charge is 2.48. The number of ether oxygens (including phenoxy) is 3. The molecule has 0 spiro atoms. The van der Waals surface area contributed by atoms with E-state index in [1.165, 1.54) is 49.7 Å². The molecule has 1 aliphatic rings. The zero-order valence-corrected chi connectivity index (χ0v) is 21.5. The quantitative estimate of drug-likeness (QED) is 0.237. The third-order valence-electron chi connectivity index (χ3n) is 5.68. The number of benzene rings is 2. The molecule has 1 aliphatic heterocycles. The van der Waals surface area contributed by atoms with E-state index in [-0.39, 0.29) is 26.9 Å². The van der Waals surface area contributed by atoms with Crippen molar-refractivity contribution in [3.63, 3.8) is 0 Å². The molecule has 4 rings (SSSR count). The molecule has 1 unspecified atom stereocenters. The number of aryl methyl sites for hydroxylation is 1. The number of hydrogen-bond acceptors (Lipinski definition) is 7. The Morgan fingerprint density at radius 2 is 1.66 bits per heavy atom. The van der Waals surface area contributed by atoms with E-state index >= 15 is 0 Å². The summed E-state index contributed by atoms with van der Waals surface area (Å²) in [5.74, 6) is -1.12. The number of thiophene rings is 1. The van der Waals surface area contributed by atoms with Crippen molar-refractivity contribution in [1.82, 2.24) is 0 Å². The number of carbonyl (C=O) groups excluding carboxylic acids is 2. The van der Waals surface area contributed by atoms with Gasteiger partial charge in [-0.25, -0.2) is 0 Å². The van der Waals surface area contributed by atoms with Crippen LogP contribution in [0.3, 0.4) is 0 Å². The molecule has 0 bridgehead atoms. The standard InChI is InChI=1S/C25H21Cl2NO6S/c1-12-5-6-35-24(12)20-19(21(29)17-7-13(26)8-18(27)23(17)34-4)22(30)25(31)28(20)14-9-15(32-2)11-16(10-14)33-3/h5-11,20,29H,1-4H3/b21-19+. The summed E-state index contributed by atoms with van der Waals surface area (Å²) in [5.41, 5.74) is 1.21. The van der Waals surface area contributed by atoms with Gasteiger partial charge in [0, 0.05) is 28.1 Å². The second-order valence-corrected chi connectivity index (χ2v) is 9.47. The van der Waals surface area contributed by atoms with Crippen LogP contribution in [0, 0.1) is 6.92 Å². The van der Waals surface area contributed by atoms with Crippen molar-refractivity contribution >= 4 is 57.7 Å². The van der Waals surface area contributed by atoms with E-state index in [4.69, 9.17) is 37.4 Å². The molecular weight excluding hydrogens is 513 g/mol. The fourth-order valence-electron chi connectivity index (χ4n) is 4.03. The van der Waals surface area contributed by atoms with Crippen molar-refractivity contribution in [3.8, 4) is 17.2 Å². The molecule has 1 N–H and O–H groups in total. The van der Waals surface area contributed by atoms with Gasteiger partial charge < -0.3 is 19.3 Å². The maximum absolute atomic E-state index is 13.4. The van der Waals surface area contributed by atoms with Gasteiger partial charge in [-0.2, -0.15) is 0 Å². The highest BCUT2D eigenvalue weighted by Crippen LogP contribution is 2.47. The molecule has 1 saturated heterocycles. The SMILES string of the molecule is COc1cc(OC)cc(N2C(=O)C(=O)/C(=C(/O)c3cc(Cl)cc(Cl)c3OC)C2c2sccc2C)c1. The van der Waals surface area contributed by atoms with Crippen molar-refractivity contribution in [3.05, 3.63) is 73.4 Å². The molecule has 182 valence electrons. The van der Waals surface area contributed by atoms with Gasteiger partial charge in [0.25, 0.3) is 11.7 Å². The third kappa shape index (κ3) is 4.33. The highest BCUT2D eigenvalue weighted by atomic mass is 35.5. The van der Waals surface area contributed by atoms with Crippen LogP contribution in [-0.2, 0) is 9.59 Å². The van der Waals surface area contributed by atoms with Gasteiger partial charge in [-0.05, 0) is 36.1 Å². The van der Waals surface area contributed by atoms with E-state index < -0.39 is 23.5 Å². The largest absolute Gasteiger partial charge is 0.507 e. The molecule has 10 heteroatoms. The fraction of sp³-hybridized carbons (Fsp3) is 0.200. The monoisotopic (exact) mass is 533 g/mol. The van der Waals surface area contributed by atoms with Crippen LogP contribution in [0.1, 0.15) is 22.0 Å². The minimum absolute atomic E-state index is 0.102. The summed E-state index contributed by atoms with van der Waals surface area (Å²) >= 11 is 13.8. The van der Waals surface area contributed by atoms with E-state index in [1.54, 1.807) is 18.2 Å². The molecule has 1 atom stereocenters. The average molecular weight is 534 g/mol. The second-order valence-electron chi connectivity index (χ2n) is 7.68. The molecule has 0 saturated carbocycles. The number of amides is 1. The number of aliphatic hydroxyl groups is 1. The third-order valence-corrected chi connectivity index (χ3v) is 7.25. The molecule has 35 heavy (non-hydrogen) atoms. The molecule has 2 aromatic carbocycles. The summed E-state index contributed by atoms with van der Waals surface area (Å²) in [5, 5.41) is 13.7. The zero-order valence-electron chi connectivity index (χ0n) is 19.2. The van der Waals surface area contributed by atoms with Crippen molar-refractivity contribution in [1.29, 1.82) is 0 Å². The molecule has 1 amide bonds. The smallest absolute Gasteiger partial charge is 0.300 e. The van der Waals surface area contributed by atoms with Crippen molar-refractivity contribution in [2.24, 2.45) is 0 Å². The maximum Gasteiger partial charge on any atom is 0.300 e. The predicted molar refractivity (Wildman–Crippen MR) is 136 cm³/mol. The topological polar surface area (TPSA) is 85.3 Å². The normalized spacial score (nSPS) is 17.1. The van der Waals surface area contributed by atoms with Crippen molar-refractivity contribution in [2.45, 2.75) is 13.0 Å². The van der Waals surface area contributed by atoms with Crippen LogP contribution in [0.2, 0.25) is 10.0 Å². The van der Waals surface area contributed by atoms with E-state index in [0.717, 1.165) is 5.56 Å². The molecular formula is C25H21Cl2NO6S. The van der Waals surface area contributed by atoms with Gasteiger partial charge in [0.2, 0.25) is 0 Å². The van der Waals surface area contributed by atoms with Crippen LogP contribution < -0.4 is 19.1 Å². The lowest BCUT2D eigenvalue weighted by atomic mass is 9.97. The highest BCUT2D eigenvalue weighted by molar-refractivity contribution is 7.10. The van der Waals surface area contributed by atoms with E-state index in [1.807, 2.05) is 18.4 Å². The maximum atomic E-state index is 13.4. The van der Waals surface area contributed by atoms with Gasteiger partial charge in [0.15, 0.2) is 0 Å². The Morgan fingerprint density at radius 3 is 2.20 bits per heavy atom. The number of hydrogen-bond donors (Lipinski definition) is 1. The van der Waals surface area contributed by atoms with Gasteiger partial charge in [0.05, 0.1) is 43.2 Å². The lowest BCUT2D eigenvalue weighted by Gasteiger charge is -2.26. The van der Waals surface area contributed by atoms with Crippen LogP contribution in [0.25, 0.3) is 5.76 Å². The first-order chi connectivity index (χ1) is 16.7. The van der Waals surface area contributed by atoms with Crippen molar-refractivity contribution < 1.29 is 28.9 Å². The predicted octanol–water partition coefficient (Wildman–Crippen LogP) is 6.02. The molecule has 0 radical (unpaired) electrons. The van der Waals surface area contributed by atoms with Crippen LogP contribution in [-0.4, -0.2) is 38.1 Å². The van der Waals surface area contributed by atoms with Gasteiger partial charge in [-0.1, -0.05) is 23.2 Å². The number of carbonyl (C=O) groups is 2. The summed E-state index contributed by atoms with van der Waals surface area (Å²) < 4.78 is 16.1. The summed E-state index contributed by atoms with van der Waals surface area (Å²) in [7, 11) is 4.36. The summed E-state index contributed by atoms with van der Waals surface area (Å²) in [4.78, 5) is 28.9. The minimum Gasteiger partial charge on any atom is -0.507 e. The Balaban J connectivity index is 2.02. The number of Topliss-reactive ketones (excluding diaryl/α,β-unsaturated/α-hetero) is 1. The van der Waals surface area contributed by atoms with Gasteiger partial charge >= 0.3 is 0 Å². The summed E-state index contributed by atoms with van der Waals surface area (Å²) in [6, 6.07) is 8.76. The number of methoxy groups -OCH3 is 3. The zero-order chi connectivity index (χ0) is 25.4. The van der Waals surface area contributed by atoms with Crippen LogP contribution in [0.5, 0.6) is 17.2 Å². The van der Waals surface area contributed by atoms with Crippen molar-refractivity contribution in [2.75, 3.05) is 26.2 Å². The molecule has 1 aromatic heterocycles. The Bertz CT molecular complexity index is 1340. The summed E-state index contributed by atoms with van der Waals surface area (Å²) in [6.07, 6.45) is 0. The number of ketones is 1. The fourth-order valence-corrected chi connectivity index (χ4v) is 5.63. The summed E-state index contributed by atoms with van der Waals surface area (Å²) in [6.45, 7) is 1.87. The Hall–Kier alpha value is -3.20. The van der Waals surface area contributed by atoms with Crippen LogP contribution >= 0.6 is 34.5 Å². The van der Waals surface area contributed by atoms with Gasteiger partial charge in [-0.15, -0.1) is 11.3 Å². The molecule has 3 aromatic rings. The van der Waals surface area contributed by atoms with Crippen LogP contribution in [0.4, 0.5) is 5.69 Å². The van der Waals surface area contributed by atoms with Gasteiger partial charge in [0.1, 0.15) is 29.0 Å². The Labute approximate surface area is 216 Å². The Kier molecular flexibility index (Phi) is 6.98. The first kappa shape index (κ1) is 24.9. The molecule has 2 heterocycles. The molecule has 7 nitrogen and oxygen atoms in total. The molecule has 0 aliphatic carbocycles. The number of aliphatic hydroxyl groups excluding tert-OH is 1. The van der Waals surface area contributed by atoms with Gasteiger partial charge in [-0.3, -0.25) is 14.5 Å². The Morgan fingerprint density at radius 1 is 1.00 bits per heavy atom. The lowest BCUT2D eigenvalue weighted by molar-refractivity contribution is -0.132. The first-order valence-electron chi connectivity index (χ1n) is 10.3. The average Bonchev–Trinajstić information content (AvgIpc) is 3.37. The number of anilines is 1. The first-order valence-corrected chi connectivity index (χ1v) is 12.0. The van der Waals surface area contributed by atoms with E-state index in [0.29, 0.717) is 22.1 Å². The number of halogens is 2. The number of nitrogens with zero attached hydrogens (tertiary/aromatic N) is 1. The second kappa shape index (κ2) is 9.81. The van der Waals surface area contributed by atoms with E-state index in [2.05, 4.69) is 0 Å².